The van der Waals surface area contributed by atoms with Gasteiger partial charge in [-0.3, -0.25) is 19.4 Å². The molecule has 1 amide bonds. The maximum absolute atomic E-state index is 13.1. The molecule has 0 bridgehead atoms. The van der Waals surface area contributed by atoms with Crippen LogP contribution in [0.2, 0.25) is 0 Å². The average molecular weight is 444 g/mol. The van der Waals surface area contributed by atoms with Gasteiger partial charge in [-0.2, -0.15) is 5.10 Å². The Kier molecular flexibility index (Phi) is 5.88. The molecule has 1 aliphatic heterocycles. The van der Waals surface area contributed by atoms with Crippen molar-refractivity contribution in [2.75, 3.05) is 13.1 Å². The van der Waals surface area contributed by atoms with Gasteiger partial charge in [0.25, 0.3) is 0 Å². The standard InChI is InChI=1S/C26H26FN5O/c1-31-15-21-16-32(14-19-6-9-24-20(13-19)3-2-11-28-24)17-23(25(21)30-31)26(33)29-12-10-18-4-7-22(27)8-5-18/h2-9,11,13,15,23H,10,12,14,16-17H2,1H3,(H,29,33). The number of benzene rings is 2. The minimum absolute atomic E-state index is 0.0236. The van der Waals surface area contributed by atoms with Crippen LogP contribution >= 0.6 is 0 Å². The molecule has 6 nitrogen and oxygen atoms in total. The van der Waals surface area contributed by atoms with E-state index in [1.807, 2.05) is 25.4 Å². The van der Waals surface area contributed by atoms with Crippen LogP contribution in [0.1, 0.15) is 28.3 Å². The summed E-state index contributed by atoms with van der Waals surface area (Å²) in [7, 11) is 1.89. The number of hydrogen-bond donors (Lipinski definition) is 1. The van der Waals surface area contributed by atoms with Crippen molar-refractivity contribution in [3.8, 4) is 0 Å². The van der Waals surface area contributed by atoms with Crippen molar-refractivity contribution < 1.29 is 9.18 Å². The minimum atomic E-state index is -0.328. The molecule has 168 valence electrons. The van der Waals surface area contributed by atoms with E-state index >= 15 is 0 Å². The molecule has 5 rings (SSSR count). The number of rotatable bonds is 6. The molecule has 1 N–H and O–H groups in total. The fourth-order valence-corrected chi connectivity index (χ4v) is 4.53. The third-order valence-electron chi connectivity index (χ3n) is 6.12. The van der Waals surface area contributed by atoms with Gasteiger partial charge < -0.3 is 5.32 Å². The SMILES string of the molecule is Cn1cc2c(n1)C(C(=O)NCCc1ccc(F)cc1)CN(Cc1ccc3ncccc3c1)C2. The van der Waals surface area contributed by atoms with E-state index < -0.39 is 0 Å². The van der Waals surface area contributed by atoms with Crippen molar-refractivity contribution in [1.82, 2.24) is 25.0 Å². The minimum Gasteiger partial charge on any atom is -0.355 e. The van der Waals surface area contributed by atoms with Gasteiger partial charge in [-0.25, -0.2) is 4.39 Å². The molecule has 1 aliphatic rings. The first kappa shape index (κ1) is 21.3. The second-order valence-electron chi connectivity index (χ2n) is 8.63. The summed E-state index contributed by atoms with van der Waals surface area (Å²) >= 11 is 0. The molecule has 1 atom stereocenters. The van der Waals surface area contributed by atoms with Crippen LogP contribution < -0.4 is 5.32 Å². The molecule has 0 saturated carbocycles. The van der Waals surface area contributed by atoms with E-state index in [2.05, 4.69) is 38.5 Å². The first-order valence-electron chi connectivity index (χ1n) is 11.2. The Morgan fingerprint density at radius 3 is 2.82 bits per heavy atom. The molecule has 0 radical (unpaired) electrons. The second-order valence-corrected chi connectivity index (χ2v) is 8.63. The molecule has 3 heterocycles. The quantitative estimate of drug-likeness (QED) is 0.495. The Labute approximate surface area is 192 Å². The Bertz CT molecular complexity index is 1280. The van der Waals surface area contributed by atoms with Gasteiger partial charge >= 0.3 is 0 Å². The molecule has 0 spiro atoms. The van der Waals surface area contributed by atoms with Gasteiger partial charge in [-0.05, 0) is 47.9 Å². The Hall–Kier alpha value is -3.58. The van der Waals surface area contributed by atoms with E-state index in [0.717, 1.165) is 40.8 Å². The predicted molar refractivity (Wildman–Crippen MR) is 125 cm³/mol. The maximum atomic E-state index is 13.1. The van der Waals surface area contributed by atoms with Gasteiger partial charge in [0.2, 0.25) is 5.91 Å². The summed E-state index contributed by atoms with van der Waals surface area (Å²) in [4.78, 5) is 19.8. The number of hydrogen-bond acceptors (Lipinski definition) is 4. The van der Waals surface area contributed by atoms with Crippen LogP contribution in [0, 0.1) is 5.82 Å². The number of carbonyl (C=O) groups is 1. The summed E-state index contributed by atoms with van der Waals surface area (Å²) in [6.07, 6.45) is 4.46. The molecule has 33 heavy (non-hydrogen) atoms. The average Bonchev–Trinajstić information content (AvgIpc) is 3.19. The number of pyridine rings is 1. The fraction of sp³-hybridized carbons (Fsp3) is 0.269. The van der Waals surface area contributed by atoms with Crippen LogP contribution in [0.15, 0.2) is 67.0 Å². The third kappa shape index (κ3) is 4.78. The van der Waals surface area contributed by atoms with Gasteiger partial charge in [0, 0.05) is 56.6 Å². The predicted octanol–water partition coefficient (Wildman–Crippen LogP) is 3.57. The summed E-state index contributed by atoms with van der Waals surface area (Å²) < 4.78 is 14.9. The summed E-state index contributed by atoms with van der Waals surface area (Å²) in [5, 5.41) is 8.76. The number of fused-ring (bicyclic) bond motifs is 2. The van der Waals surface area contributed by atoms with E-state index in [0.29, 0.717) is 19.5 Å². The highest BCUT2D eigenvalue weighted by atomic mass is 19.1. The molecule has 4 aromatic rings. The van der Waals surface area contributed by atoms with Crippen LogP contribution in [0.25, 0.3) is 10.9 Å². The lowest BCUT2D eigenvalue weighted by atomic mass is 9.95. The van der Waals surface area contributed by atoms with E-state index in [-0.39, 0.29) is 17.6 Å². The van der Waals surface area contributed by atoms with Gasteiger partial charge in [-0.15, -0.1) is 0 Å². The van der Waals surface area contributed by atoms with E-state index in [4.69, 9.17) is 0 Å². The molecule has 0 saturated heterocycles. The van der Waals surface area contributed by atoms with Crippen molar-refractivity contribution >= 4 is 16.8 Å². The van der Waals surface area contributed by atoms with Crippen LogP contribution in [-0.4, -0.2) is 38.7 Å². The smallest absolute Gasteiger partial charge is 0.230 e. The summed E-state index contributed by atoms with van der Waals surface area (Å²) in [6, 6.07) is 16.7. The fourth-order valence-electron chi connectivity index (χ4n) is 4.53. The topological polar surface area (TPSA) is 63.1 Å². The zero-order valence-corrected chi connectivity index (χ0v) is 18.5. The van der Waals surface area contributed by atoms with Gasteiger partial charge in [0.05, 0.1) is 17.1 Å². The molecule has 0 fully saturated rings. The zero-order valence-electron chi connectivity index (χ0n) is 18.5. The molecule has 2 aromatic heterocycles. The molecule has 1 unspecified atom stereocenters. The van der Waals surface area contributed by atoms with Crippen molar-refractivity contribution in [3.05, 3.63) is 95.2 Å². The highest BCUT2D eigenvalue weighted by molar-refractivity contribution is 5.84. The van der Waals surface area contributed by atoms with Gasteiger partial charge in [0.15, 0.2) is 0 Å². The van der Waals surface area contributed by atoms with Crippen LogP contribution in [0.5, 0.6) is 0 Å². The number of aryl methyl sites for hydroxylation is 1. The van der Waals surface area contributed by atoms with E-state index in [9.17, 15) is 9.18 Å². The second kappa shape index (κ2) is 9.11. The lowest BCUT2D eigenvalue weighted by Crippen LogP contribution is -2.41. The van der Waals surface area contributed by atoms with Crippen LogP contribution in [0.3, 0.4) is 0 Å². The number of amides is 1. The number of halogens is 1. The molecule has 7 heteroatoms. The largest absolute Gasteiger partial charge is 0.355 e. The number of aromatic nitrogens is 3. The van der Waals surface area contributed by atoms with Crippen LogP contribution in [0.4, 0.5) is 4.39 Å². The number of nitrogens with one attached hydrogen (secondary N) is 1. The first-order chi connectivity index (χ1) is 16.0. The van der Waals surface area contributed by atoms with Gasteiger partial charge in [0.1, 0.15) is 5.82 Å². The Morgan fingerprint density at radius 1 is 1.15 bits per heavy atom. The normalized spacial score (nSPS) is 16.0. The van der Waals surface area contributed by atoms with Crippen molar-refractivity contribution in [2.24, 2.45) is 7.05 Å². The summed E-state index contributed by atoms with van der Waals surface area (Å²) in [6.45, 7) is 2.62. The third-order valence-corrected chi connectivity index (χ3v) is 6.12. The first-order valence-corrected chi connectivity index (χ1v) is 11.2. The highest BCUT2D eigenvalue weighted by Gasteiger charge is 2.33. The zero-order chi connectivity index (χ0) is 22.8. The lowest BCUT2D eigenvalue weighted by Gasteiger charge is -2.31. The lowest BCUT2D eigenvalue weighted by molar-refractivity contribution is -0.123. The summed E-state index contributed by atoms with van der Waals surface area (Å²) in [5.74, 6) is -0.606. The van der Waals surface area contributed by atoms with Crippen molar-refractivity contribution in [1.29, 1.82) is 0 Å². The van der Waals surface area contributed by atoms with Gasteiger partial charge in [-0.1, -0.05) is 24.3 Å². The van der Waals surface area contributed by atoms with Crippen molar-refractivity contribution in [3.63, 3.8) is 0 Å². The van der Waals surface area contributed by atoms with E-state index in [1.165, 1.54) is 17.7 Å². The molecule has 2 aromatic carbocycles. The van der Waals surface area contributed by atoms with Crippen LogP contribution in [-0.2, 0) is 31.4 Å². The maximum Gasteiger partial charge on any atom is 0.230 e. The Morgan fingerprint density at radius 2 is 1.97 bits per heavy atom. The number of nitrogens with zero attached hydrogens (tertiary/aromatic N) is 4. The number of carbonyl (C=O) groups excluding carboxylic acids is 1. The highest BCUT2D eigenvalue weighted by Crippen LogP contribution is 2.29. The summed E-state index contributed by atoms with van der Waals surface area (Å²) in [5.41, 5.74) is 5.11. The monoisotopic (exact) mass is 443 g/mol. The molecule has 0 aliphatic carbocycles. The molecular weight excluding hydrogens is 417 g/mol. The molecular formula is C26H26FN5O. The van der Waals surface area contributed by atoms with E-state index in [1.54, 1.807) is 23.0 Å². The van der Waals surface area contributed by atoms with Crippen molar-refractivity contribution in [2.45, 2.75) is 25.4 Å². The Balaban J connectivity index is 1.28.